The molecule has 0 saturated carbocycles. The summed E-state index contributed by atoms with van der Waals surface area (Å²) in [6.07, 6.45) is 0.953. The smallest absolute Gasteiger partial charge is 0.280 e. The van der Waals surface area contributed by atoms with Gasteiger partial charge in [-0.3, -0.25) is 9.78 Å². The molecule has 4 rings (SSSR count). The first-order valence-electron chi connectivity index (χ1n) is 9.15. The first-order valence-corrected chi connectivity index (χ1v) is 9.15. The second-order valence-corrected chi connectivity index (χ2v) is 7.17. The second-order valence-electron chi connectivity index (χ2n) is 7.17. The third-order valence-electron chi connectivity index (χ3n) is 5.36. The van der Waals surface area contributed by atoms with E-state index in [4.69, 9.17) is 0 Å². The quantitative estimate of drug-likeness (QED) is 0.692. The summed E-state index contributed by atoms with van der Waals surface area (Å²) in [5, 5.41) is 4.15. The third kappa shape index (κ3) is 3.21. The molecule has 7 nitrogen and oxygen atoms in total. The lowest BCUT2D eigenvalue weighted by Crippen LogP contribution is -2.43. The molecule has 146 valence electrons. The Morgan fingerprint density at radius 1 is 1.32 bits per heavy atom. The number of aryl methyl sites for hydroxylation is 1. The van der Waals surface area contributed by atoms with Crippen molar-refractivity contribution >= 4 is 11.7 Å². The Bertz CT molecular complexity index is 1020. The third-order valence-corrected chi connectivity index (χ3v) is 5.36. The summed E-state index contributed by atoms with van der Waals surface area (Å²) in [5.74, 6) is 0.0256. The number of amides is 1. The van der Waals surface area contributed by atoms with Crippen LogP contribution in [0.1, 0.15) is 53.1 Å². The minimum atomic E-state index is -2.70. The van der Waals surface area contributed by atoms with Gasteiger partial charge in [0.2, 0.25) is 0 Å². The standard InChI is InChI=1S/C19H20F2N6O/c1-11-5-7-26(18(28)16-12(2)4-3-6-22-16)9-13(11)15-8-14(17(20)21)25-19-23-10-24-27(15)19/h3-4,6,8,10-11,13,17H,5,7,9H2,1-2H3/t11-,13-/m1/s1. The van der Waals surface area contributed by atoms with Gasteiger partial charge >= 0.3 is 0 Å². The largest absolute Gasteiger partial charge is 0.337 e. The number of alkyl halides is 2. The van der Waals surface area contributed by atoms with E-state index in [9.17, 15) is 13.6 Å². The molecule has 0 radical (unpaired) electrons. The molecule has 0 spiro atoms. The van der Waals surface area contributed by atoms with Crippen LogP contribution in [0.5, 0.6) is 0 Å². The van der Waals surface area contributed by atoms with Gasteiger partial charge in [-0.1, -0.05) is 13.0 Å². The Balaban J connectivity index is 1.70. The second kappa shape index (κ2) is 7.21. The minimum Gasteiger partial charge on any atom is -0.337 e. The number of fused-ring (bicyclic) bond motifs is 1. The van der Waals surface area contributed by atoms with Crippen molar-refractivity contribution in [1.82, 2.24) is 29.5 Å². The number of nitrogens with zero attached hydrogens (tertiary/aromatic N) is 6. The molecular weight excluding hydrogens is 366 g/mol. The Labute approximate surface area is 160 Å². The number of carbonyl (C=O) groups excluding carboxylic acids is 1. The number of hydrogen-bond acceptors (Lipinski definition) is 5. The molecule has 9 heteroatoms. The highest BCUT2D eigenvalue weighted by Crippen LogP contribution is 2.34. The van der Waals surface area contributed by atoms with Crippen molar-refractivity contribution in [2.24, 2.45) is 5.92 Å². The molecule has 1 aliphatic rings. The highest BCUT2D eigenvalue weighted by molar-refractivity contribution is 5.93. The zero-order valence-corrected chi connectivity index (χ0v) is 15.6. The number of carbonyl (C=O) groups is 1. The van der Waals surface area contributed by atoms with Crippen LogP contribution in [-0.2, 0) is 0 Å². The summed E-state index contributed by atoms with van der Waals surface area (Å²) in [4.78, 5) is 26.8. The van der Waals surface area contributed by atoms with E-state index in [1.54, 1.807) is 17.2 Å². The fourth-order valence-electron chi connectivity index (χ4n) is 3.73. The van der Waals surface area contributed by atoms with Crippen molar-refractivity contribution in [3.05, 3.63) is 53.4 Å². The van der Waals surface area contributed by atoms with Crippen LogP contribution in [0.2, 0.25) is 0 Å². The predicted octanol–water partition coefficient (Wildman–Crippen LogP) is 3.03. The molecule has 0 N–H and O–H groups in total. The molecule has 1 fully saturated rings. The van der Waals surface area contributed by atoms with E-state index in [0.29, 0.717) is 24.5 Å². The fourth-order valence-corrected chi connectivity index (χ4v) is 3.73. The van der Waals surface area contributed by atoms with Gasteiger partial charge < -0.3 is 4.90 Å². The summed E-state index contributed by atoms with van der Waals surface area (Å²) in [6, 6.07) is 5.02. The topological polar surface area (TPSA) is 76.3 Å². The van der Waals surface area contributed by atoms with E-state index in [0.717, 1.165) is 12.0 Å². The van der Waals surface area contributed by atoms with Crippen molar-refractivity contribution < 1.29 is 13.6 Å². The Morgan fingerprint density at radius 3 is 2.89 bits per heavy atom. The molecule has 2 atom stereocenters. The summed E-state index contributed by atoms with van der Waals surface area (Å²) in [6.45, 7) is 4.90. The molecule has 1 aliphatic heterocycles. The number of hydrogen-bond donors (Lipinski definition) is 0. The first-order chi connectivity index (χ1) is 13.5. The van der Waals surface area contributed by atoms with Crippen LogP contribution in [-0.4, -0.2) is 48.5 Å². The molecule has 0 aliphatic carbocycles. The molecule has 28 heavy (non-hydrogen) atoms. The van der Waals surface area contributed by atoms with E-state index in [1.807, 2.05) is 13.0 Å². The average molecular weight is 386 g/mol. The summed E-state index contributed by atoms with van der Waals surface area (Å²) in [7, 11) is 0. The van der Waals surface area contributed by atoms with E-state index >= 15 is 0 Å². The van der Waals surface area contributed by atoms with Crippen molar-refractivity contribution in [3.63, 3.8) is 0 Å². The van der Waals surface area contributed by atoms with Gasteiger partial charge in [0.25, 0.3) is 18.1 Å². The lowest BCUT2D eigenvalue weighted by Gasteiger charge is -2.37. The van der Waals surface area contributed by atoms with Gasteiger partial charge in [0, 0.05) is 25.2 Å². The van der Waals surface area contributed by atoms with Crippen molar-refractivity contribution in [2.75, 3.05) is 13.1 Å². The van der Waals surface area contributed by atoms with E-state index in [1.165, 1.54) is 16.9 Å². The van der Waals surface area contributed by atoms with Gasteiger partial charge in [-0.05, 0) is 37.0 Å². The molecule has 3 aromatic heterocycles. The van der Waals surface area contributed by atoms with Crippen LogP contribution in [0, 0.1) is 12.8 Å². The van der Waals surface area contributed by atoms with Crippen LogP contribution in [0.3, 0.4) is 0 Å². The predicted molar refractivity (Wildman–Crippen MR) is 97.1 cm³/mol. The molecule has 1 saturated heterocycles. The van der Waals surface area contributed by atoms with Gasteiger partial charge in [-0.25, -0.2) is 18.3 Å². The Hall–Kier alpha value is -2.97. The van der Waals surface area contributed by atoms with Crippen molar-refractivity contribution in [3.8, 4) is 0 Å². The highest BCUT2D eigenvalue weighted by Gasteiger charge is 2.33. The summed E-state index contributed by atoms with van der Waals surface area (Å²) < 4.78 is 28.1. The molecule has 4 heterocycles. The van der Waals surface area contributed by atoms with E-state index in [2.05, 4.69) is 27.0 Å². The Kier molecular flexibility index (Phi) is 4.74. The molecule has 1 amide bonds. The number of piperidine rings is 1. The van der Waals surface area contributed by atoms with Crippen LogP contribution < -0.4 is 0 Å². The van der Waals surface area contributed by atoms with Gasteiger partial charge in [-0.15, -0.1) is 0 Å². The maximum absolute atomic E-state index is 13.3. The molecule has 3 aromatic rings. The van der Waals surface area contributed by atoms with Crippen LogP contribution in [0.25, 0.3) is 5.78 Å². The molecular formula is C19H20F2N6O. The molecule has 0 aromatic carbocycles. The average Bonchev–Trinajstić information content (AvgIpc) is 3.16. The number of halogens is 2. The molecule has 0 unspecified atom stereocenters. The van der Waals surface area contributed by atoms with Crippen molar-refractivity contribution in [2.45, 2.75) is 32.6 Å². The maximum Gasteiger partial charge on any atom is 0.280 e. The lowest BCUT2D eigenvalue weighted by molar-refractivity contribution is 0.0658. The summed E-state index contributed by atoms with van der Waals surface area (Å²) >= 11 is 0. The van der Waals surface area contributed by atoms with Crippen LogP contribution >= 0.6 is 0 Å². The van der Waals surface area contributed by atoms with E-state index in [-0.39, 0.29) is 29.2 Å². The zero-order valence-electron chi connectivity index (χ0n) is 15.6. The number of pyridine rings is 1. The Morgan fingerprint density at radius 2 is 2.14 bits per heavy atom. The lowest BCUT2D eigenvalue weighted by atomic mass is 9.84. The van der Waals surface area contributed by atoms with Gasteiger partial charge in [-0.2, -0.15) is 10.1 Å². The number of aromatic nitrogens is 5. The number of rotatable bonds is 3. The SMILES string of the molecule is Cc1cccnc1C(=O)N1CC[C@@H](C)[C@H](c2cc(C(F)F)nc3ncnn23)C1. The first kappa shape index (κ1) is 18.4. The molecule has 0 bridgehead atoms. The summed E-state index contributed by atoms with van der Waals surface area (Å²) in [5.41, 5.74) is 1.50. The normalized spacial score (nSPS) is 20.1. The maximum atomic E-state index is 13.3. The number of likely N-dealkylation sites (tertiary alicyclic amines) is 1. The highest BCUT2D eigenvalue weighted by atomic mass is 19.3. The van der Waals surface area contributed by atoms with Crippen LogP contribution in [0.4, 0.5) is 8.78 Å². The zero-order chi connectivity index (χ0) is 19.8. The van der Waals surface area contributed by atoms with Gasteiger partial charge in [0.05, 0.1) is 5.69 Å². The monoisotopic (exact) mass is 386 g/mol. The van der Waals surface area contributed by atoms with Crippen LogP contribution in [0.15, 0.2) is 30.7 Å². The van der Waals surface area contributed by atoms with E-state index < -0.39 is 6.43 Å². The fraction of sp³-hybridized carbons (Fsp3) is 0.421. The van der Waals surface area contributed by atoms with Gasteiger partial charge in [0.1, 0.15) is 17.7 Å². The minimum absolute atomic E-state index is 0.143. The van der Waals surface area contributed by atoms with Gasteiger partial charge in [0.15, 0.2) is 0 Å². The van der Waals surface area contributed by atoms with Crippen molar-refractivity contribution in [1.29, 1.82) is 0 Å².